The van der Waals surface area contributed by atoms with Gasteiger partial charge in [0.25, 0.3) is 0 Å². The van der Waals surface area contributed by atoms with Gasteiger partial charge in [-0.3, -0.25) is 9.67 Å². The van der Waals surface area contributed by atoms with Gasteiger partial charge in [-0.2, -0.15) is 5.10 Å². The van der Waals surface area contributed by atoms with E-state index < -0.39 is 5.54 Å². The molecular formula is C14H18ClFN4. The van der Waals surface area contributed by atoms with Gasteiger partial charge in [0.15, 0.2) is 0 Å². The number of hydrogen-bond donors (Lipinski definition) is 1. The first-order chi connectivity index (χ1) is 9.37. The predicted molar refractivity (Wildman–Crippen MR) is 77.0 cm³/mol. The van der Waals surface area contributed by atoms with E-state index in [4.69, 9.17) is 17.3 Å². The van der Waals surface area contributed by atoms with Gasteiger partial charge < -0.3 is 5.73 Å². The summed E-state index contributed by atoms with van der Waals surface area (Å²) in [5.74, 6) is -0.372. The van der Waals surface area contributed by atoms with E-state index >= 15 is 0 Å². The molecular weight excluding hydrogens is 279 g/mol. The van der Waals surface area contributed by atoms with Gasteiger partial charge >= 0.3 is 0 Å². The van der Waals surface area contributed by atoms with Crippen molar-refractivity contribution in [3.05, 3.63) is 46.3 Å². The van der Waals surface area contributed by atoms with Crippen LogP contribution in [-0.2, 0) is 19.0 Å². The molecule has 2 heterocycles. The molecule has 2 aromatic heterocycles. The minimum Gasteiger partial charge on any atom is -0.320 e. The Hall–Kier alpha value is -1.46. The Morgan fingerprint density at radius 1 is 1.45 bits per heavy atom. The van der Waals surface area contributed by atoms with Crippen LogP contribution in [0.25, 0.3) is 0 Å². The molecule has 20 heavy (non-hydrogen) atoms. The van der Waals surface area contributed by atoms with Crippen LogP contribution in [0.1, 0.15) is 30.3 Å². The molecule has 108 valence electrons. The van der Waals surface area contributed by atoms with E-state index in [9.17, 15) is 4.39 Å². The van der Waals surface area contributed by atoms with Crippen LogP contribution < -0.4 is 5.73 Å². The monoisotopic (exact) mass is 296 g/mol. The number of nitrogens with zero attached hydrogens (tertiary/aromatic N) is 3. The smallest absolute Gasteiger partial charge is 0.141 e. The van der Waals surface area contributed by atoms with Crippen LogP contribution in [0.5, 0.6) is 0 Å². The zero-order valence-corrected chi connectivity index (χ0v) is 12.6. The molecule has 0 aliphatic heterocycles. The van der Waals surface area contributed by atoms with Gasteiger partial charge in [-0.25, -0.2) is 4.39 Å². The van der Waals surface area contributed by atoms with Crippen molar-refractivity contribution in [2.45, 2.75) is 32.2 Å². The third-order valence-electron chi connectivity index (χ3n) is 3.63. The summed E-state index contributed by atoms with van der Waals surface area (Å²) in [6, 6.07) is 3.00. The highest BCUT2D eigenvalue weighted by Gasteiger charge is 2.30. The number of rotatable bonds is 4. The van der Waals surface area contributed by atoms with Gasteiger partial charge in [-0.15, -0.1) is 0 Å². The molecule has 0 saturated heterocycles. The topological polar surface area (TPSA) is 56.7 Å². The number of pyridine rings is 1. The SMILES string of the molecule is CCC(N)(Cc1c(C)nn(C)c1Cl)c1ccc(F)cn1. The second-order valence-corrected chi connectivity index (χ2v) is 5.38. The van der Waals surface area contributed by atoms with Gasteiger partial charge in [0.1, 0.15) is 11.0 Å². The maximum Gasteiger partial charge on any atom is 0.141 e. The van der Waals surface area contributed by atoms with E-state index in [1.807, 2.05) is 13.8 Å². The van der Waals surface area contributed by atoms with Gasteiger partial charge in [0.05, 0.1) is 23.1 Å². The lowest BCUT2D eigenvalue weighted by Gasteiger charge is -2.27. The second-order valence-electron chi connectivity index (χ2n) is 5.03. The summed E-state index contributed by atoms with van der Waals surface area (Å²) in [5.41, 5.74) is 8.19. The molecule has 1 atom stereocenters. The first-order valence-corrected chi connectivity index (χ1v) is 6.84. The summed E-state index contributed by atoms with van der Waals surface area (Å²) in [7, 11) is 1.79. The van der Waals surface area contributed by atoms with Crippen molar-refractivity contribution in [3.8, 4) is 0 Å². The molecule has 4 nitrogen and oxygen atoms in total. The summed E-state index contributed by atoms with van der Waals surface area (Å²) >= 11 is 6.25. The normalized spacial score (nSPS) is 14.3. The molecule has 6 heteroatoms. The molecule has 0 fully saturated rings. The lowest BCUT2D eigenvalue weighted by Crippen LogP contribution is -2.39. The molecule has 0 aliphatic carbocycles. The number of nitrogens with two attached hydrogens (primary N) is 1. The average Bonchev–Trinajstić information content (AvgIpc) is 2.66. The Bertz CT molecular complexity index is 608. The number of hydrogen-bond acceptors (Lipinski definition) is 3. The Morgan fingerprint density at radius 2 is 2.15 bits per heavy atom. The van der Waals surface area contributed by atoms with Crippen LogP contribution in [0.3, 0.4) is 0 Å². The maximum absolute atomic E-state index is 13.0. The molecule has 2 rings (SSSR count). The maximum atomic E-state index is 13.0. The number of aryl methyl sites for hydroxylation is 2. The number of halogens is 2. The second kappa shape index (κ2) is 5.50. The van der Waals surface area contributed by atoms with Crippen molar-refractivity contribution in [2.75, 3.05) is 0 Å². The summed E-state index contributed by atoms with van der Waals surface area (Å²) < 4.78 is 14.6. The quantitative estimate of drug-likeness (QED) is 0.944. The van der Waals surface area contributed by atoms with Gasteiger partial charge in [0.2, 0.25) is 0 Å². The molecule has 0 saturated carbocycles. The fourth-order valence-corrected chi connectivity index (χ4v) is 2.50. The van der Waals surface area contributed by atoms with Crippen molar-refractivity contribution in [2.24, 2.45) is 12.8 Å². The molecule has 0 amide bonds. The third-order valence-corrected chi connectivity index (χ3v) is 4.10. The van der Waals surface area contributed by atoms with Gasteiger partial charge in [-0.1, -0.05) is 18.5 Å². The van der Waals surface area contributed by atoms with Gasteiger partial charge in [-0.05, 0) is 25.5 Å². The molecule has 0 radical (unpaired) electrons. The molecule has 0 aromatic carbocycles. The zero-order chi connectivity index (χ0) is 14.9. The molecule has 2 N–H and O–H groups in total. The first-order valence-electron chi connectivity index (χ1n) is 6.46. The van der Waals surface area contributed by atoms with Crippen LogP contribution in [0, 0.1) is 12.7 Å². The zero-order valence-electron chi connectivity index (χ0n) is 11.8. The van der Waals surface area contributed by atoms with Crippen LogP contribution in [-0.4, -0.2) is 14.8 Å². The third kappa shape index (κ3) is 2.69. The predicted octanol–water partition coefficient (Wildman–Crippen LogP) is 2.72. The first kappa shape index (κ1) is 14.9. The van der Waals surface area contributed by atoms with Crippen molar-refractivity contribution < 1.29 is 4.39 Å². The summed E-state index contributed by atoms with van der Waals surface area (Å²) in [6.45, 7) is 3.88. The summed E-state index contributed by atoms with van der Waals surface area (Å²) in [6.07, 6.45) is 2.36. The standard InChI is InChI=1S/C14H18ClFN4/c1-4-14(17,12-6-5-10(16)8-18-12)7-11-9(2)19-20(3)13(11)15/h5-6,8H,4,7,17H2,1-3H3. The fourth-order valence-electron chi connectivity index (χ4n) is 2.26. The summed E-state index contributed by atoms with van der Waals surface area (Å²) in [4.78, 5) is 4.11. The Labute approximate surface area is 122 Å². The van der Waals surface area contributed by atoms with Crippen molar-refractivity contribution >= 4 is 11.6 Å². The van der Waals surface area contributed by atoms with Crippen LogP contribution in [0.4, 0.5) is 4.39 Å². The van der Waals surface area contributed by atoms with Crippen molar-refractivity contribution in [1.29, 1.82) is 0 Å². The average molecular weight is 297 g/mol. The molecule has 2 aromatic rings. The Kier molecular flexibility index (Phi) is 4.11. The van der Waals surface area contributed by atoms with Crippen LogP contribution >= 0.6 is 11.6 Å². The lowest BCUT2D eigenvalue weighted by atomic mass is 9.86. The van der Waals surface area contributed by atoms with Crippen molar-refractivity contribution in [1.82, 2.24) is 14.8 Å². The molecule has 0 bridgehead atoms. The van der Waals surface area contributed by atoms with E-state index in [1.165, 1.54) is 12.3 Å². The molecule has 1 unspecified atom stereocenters. The number of aromatic nitrogens is 3. The highest BCUT2D eigenvalue weighted by atomic mass is 35.5. The van der Waals surface area contributed by atoms with E-state index in [-0.39, 0.29) is 5.82 Å². The Morgan fingerprint density at radius 3 is 2.60 bits per heavy atom. The Balaban J connectivity index is 2.39. The van der Waals surface area contributed by atoms with Crippen LogP contribution in [0.15, 0.2) is 18.3 Å². The van der Waals surface area contributed by atoms with E-state index in [1.54, 1.807) is 17.8 Å². The highest BCUT2D eigenvalue weighted by Crippen LogP contribution is 2.30. The lowest BCUT2D eigenvalue weighted by molar-refractivity contribution is 0.410. The highest BCUT2D eigenvalue weighted by molar-refractivity contribution is 6.30. The fraction of sp³-hybridized carbons (Fsp3) is 0.429. The molecule has 0 aliphatic rings. The van der Waals surface area contributed by atoms with E-state index in [0.29, 0.717) is 23.7 Å². The molecule has 0 spiro atoms. The largest absolute Gasteiger partial charge is 0.320 e. The minimum absolute atomic E-state index is 0.372. The summed E-state index contributed by atoms with van der Waals surface area (Å²) in [5, 5.41) is 4.86. The van der Waals surface area contributed by atoms with Crippen LogP contribution in [0.2, 0.25) is 5.15 Å². The van der Waals surface area contributed by atoms with Crippen molar-refractivity contribution in [3.63, 3.8) is 0 Å². The van der Waals surface area contributed by atoms with Gasteiger partial charge in [0, 0.05) is 19.0 Å². The van der Waals surface area contributed by atoms with E-state index in [2.05, 4.69) is 10.1 Å². The van der Waals surface area contributed by atoms with E-state index in [0.717, 1.165) is 11.3 Å². The minimum atomic E-state index is -0.689.